The highest BCUT2D eigenvalue weighted by Gasteiger charge is 2.33. The number of aliphatic hydroxyl groups is 1. The Morgan fingerprint density at radius 3 is 1.24 bits per heavy atom. The first-order valence-electron chi connectivity index (χ1n) is 18.3. The molecule has 6 aromatic rings. The summed E-state index contributed by atoms with van der Waals surface area (Å²) in [6.07, 6.45) is 5.47. The number of benzene rings is 6. The maximum Gasteiger partial charge on any atom is 0.159 e. The van der Waals surface area contributed by atoms with E-state index >= 15 is 0 Å². The van der Waals surface area contributed by atoms with Crippen LogP contribution in [0.25, 0.3) is 0 Å². The lowest BCUT2D eigenvalue weighted by Crippen LogP contribution is -2.30. The van der Waals surface area contributed by atoms with E-state index in [9.17, 15) is 25.2 Å². The molecule has 6 rings (SSSR count). The third-order valence-corrected chi connectivity index (χ3v) is 11.0. The van der Waals surface area contributed by atoms with Crippen LogP contribution in [0.2, 0.25) is 0 Å². The molecule has 0 saturated carbocycles. The number of phenols is 3. The van der Waals surface area contributed by atoms with Gasteiger partial charge in [-0.05, 0) is 106 Å². The average Bonchev–Trinajstić information content (AvgIpc) is 3.19. The molecule has 2 atom stereocenters. The van der Waals surface area contributed by atoms with E-state index in [0.717, 1.165) is 50.1 Å². The fourth-order valence-corrected chi connectivity index (χ4v) is 7.63. The van der Waals surface area contributed by atoms with Crippen molar-refractivity contribution < 1.29 is 25.2 Å². The van der Waals surface area contributed by atoms with E-state index in [2.05, 4.69) is 70.8 Å². The molecule has 6 aromatic carbocycles. The second-order valence-electron chi connectivity index (χ2n) is 14.3. The van der Waals surface area contributed by atoms with Gasteiger partial charge in [-0.2, -0.15) is 0 Å². The highest BCUT2D eigenvalue weighted by Crippen LogP contribution is 2.42. The number of rotatable bonds is 12. The molecule has 0 radical (unpaired) electrons. The largest absolute Gasteiger partial charge is 0.509 e. The van der Waals surface area contributed by atoms with Crippen LogP contribution in [0.15, 0.2) is 182 Å². The lowest BCUT2D eigenvalue weighted by molar-refractivity contribution is 0.101. The lowest BCUT2D eigenvalue weighted by atomic mass is 9.55. The summed E-state index contributed by atoms with van der Waals surface area (Å²) in [6, 6.07) is 46.6. The number of carbonyl (C=O) groups is 1. The number of hydrogen-bond acceptors (Lipinski definition) is 5. The van der Waals surface area contributed by atoms with Crippen molar-refractivity contribution in [3.8, 4) is 17.2 Å². The molecule has 0 spiro atoms. The molecule has 0 amide bonds. The van der Waals surface area contributed by atoms with Gasteiger partial charge in [-0.3, -0.25) is 4.79 Å². The third-order valence-electron chi connectivity index (χ3n) is 11.0. The zero-order chi connectivity index (χ0) is 39.3. The maximum absolute atomic E-state index is 12.2. The summed E-state index contributed by atoms with van der Waals surface area (Å²) < 4.78 is 0. The molecule has 0 fully saturated rings. The van der Waals surface area contributed by atoms with Crippen LogP contribution in [0.1, 0.15) is 74.6 Å². The van der Waals surface area contributed by atoms with Crippen molar-refractivity contribution >= 4 is 21.5 Å². The fourth-order valence-electron chi connectivity index (χ4n) is 7.63. The first kappa shape index (κ1) is 38.3. The Hall–Kier alpha value is -6.46. The number of ketones is 1. The molecule has 0 aliphatic carbocycles. The first-order chi connectivity index (χ1) is 26.3. The summed E-state index contributed by atoms with van der Waals surface area (Å²) >= 11 is 0. The number of carbonyl (C=O) groups excluding carboxylic acids is 1. The second-order valence-corrected chi connectivity index (χ2v) is 14.3. The predicted octanol–water partition coefficient (Wildman–Crippen LogP) is 8.56. The molecule has 0 aliphatic heterocycles. The van der Waals surface area contributed by atoms with Crippen LogP contribution in [0.5, 0.6) is 17.2 Å². The van der Waals surface area contributed by atoms with E-state index in [1.165, 1.54) is 0 Å². The molecule has 0 aromatic heterocycles. The Morgan fingerprint density at radius 2 is 0.891 bits per heavy atom. The van der Waals surface area contributed by atoms with E-state index in [0.29, 0.717) is 5.56 Å². The number of phenolic OH excluding ortho intramolecular Hbond substituents is 3. The predicted molar refractivity (Wildman–Crippen MR) is 227 cm³/mol. The standard InChI is InChI=1S/C48H44B2O5/c1-4-37(14-5-31(2)51)47(49,40-19-25-43(53)26-20-40)38-15-10-35(11-16-38)46(34-8-6-33(7-9-34)32(3)52)36-12-17-39(18-13-36)48(50,41-21-27-44(54)28-22-41)42-23-29-45(55)30-24-42/h4-30,46,51,53-55H,2,49-50H2,1,3H3/b14-5-,37-4+. The smallest absolute Gasteiger partial charge is 0.159 e. The summed E-state index contributed by atoms with van der Waals surface area (Å²) in [6.45, 7) is 7.16. The molecule has 5 nitrogen and oxygen atoms in total. The van der Waals surface area contributed by atoms with Crippen molar-refractivity contribution in [1.29, 1.82) is 0 Å². The molecule has 55 heavy (non-hydrogen) atoms. The molecule has 4 N–H and O–H groups in total. The summed E-state index contributed by atoms with van der Waals surface area (Å²) in [7, 11) is 4.28. The van der Waals surface area contributed by atoms with E-state index in [-0.39, 0.29) is 34.7 Å². The van der Waals surface area contributed by atoms with Gasteiger partial charge in [-0.25, -0.2) is 0 Å². The van der Waals surface area contributed by atoms with Crippen molar-refractivity contribution in [3.63, 3.8) is 0 Å². The molecule has 0 heterocycles. The highest BCUT2D eigenvalue weighted by molar-refractivity contribution is 6.21. The number of allylic oxidation sites excluding steroid dienone is 4. The maximum atomic E-state index is 12.2. The van der Waals surface area contributed by atoms with E-state index in [1.54, 1.807) is 49.4 Å². The lowest BCUT2D eigenvalue weighted by Gasteiger charge is -2.34. The molecule has 272 valence electrons. The number of hydrogen-bond donors (Lipinski definition) is 4. The van der Waals surface area contributed by atoms with Gasteiger partial charge < -0.3 is 20.4 Å². The summed E-state index contributed by atoms with van der Waals surface area (Å²) in [4.78, 5) is 12.2. The molecule has 0 aliphatic rings. The summed E-state index contributed by atoms with van der Waals surface area (Å²) in [5.41, 5.74) is 9.75. The van der Waals surface area contributed by atoms with Crippen LogP contribution < -0.4 is 0 Å². The van der Waals surface area contributed by atoms with Crippen LogP contribution in [-0.2, 0) is 10.6 Å². The van der Waals surface area contributed by atoms with Gasteiger partial charge in [0.15, 0.2) is 5.78 Å². The van der Waals surface area contributed by atoms with Crippen molar-refractivity contribution in [1.82, 2.24) is 0 Å². The molecule has 7 heteroatoms. The zero-order valence-electron chi connectivity index (χ0n) is 31.6. The molecular weight excluding hydrogens is 678 g/mol. The minimum atomic E-state index is -0.639. The third kappa shape index (κ3) is 7.78. The van der Waals surface area contributed by atoms with Crippen molar-refractivity contribution in [2.45, 2.75) is 30.4 Å². The fraction of sp³-hybridized carbons (Fsp3) is 0.104. The quantitative estimate of drug-likeness (QED) is 0.0334. The molecular formula is C48H44B2O5. The number of aromatic hydroxyl groups is 3. The van der Waals surface area contributed by atoms with Crippen LogP contribution in [-0.4, -0.2) is 41.9 Å². The number of Topliss-reactive ketones (excluding diaryl/α,β-unsaturated/α-hetero) is 1. The van der Waals surface area contributed by atoms with Crippen molar-refractivity contribution in [2.75, 3.05) is 0 Å². The van der Waals surface area contributed by atoms with E-state index in [1.807, 2.05) is 79.7 Å². The Bertz CT molecular complexity index is 2300. The van der Waals surface area contributed by atoms with Crippen LogP contribution in [0.4, 0.5) is 0 Å². The van der Waals surface area contributed by atoms with Gasteiger partial charge in [0.2, 0.25) is 0 Å². The highest BCUT2D eigenvalue weighted by atomic mass is 16.3. The van der Waals surface area contributed by atoms with Gasteiger partial charge >= 0.3 is 0 Å². The van der Waals surface area contributed by atoms with Crippen LogP contribution >= 0.6 is 0 Å². The monoisotopic (exact) mass is 722 g/mol. The molecule has 0 saturated heterocycles. The van der Waals surface area contributed by atoms with Gasteiger partial charge in [0.25, 0.3) is 0 Å². The van der Waals surface area contributed by atoms with E-state index in [4.69, 9.17) is 0 Å². The molecule has 2 unspecified atom stereocenters. The van der Waals surface area contributed by atoms with Gasteiger partial charge in [0.1, 0.15) is 38.7 Å². The zero-order valence-corrected chi connectivity index (χ0v) is 31.6. The average molecular weight is 722 g/mol. The second kappa shape index (κ2) is 15.9. The molecule has 0 bridgehead atoms. The van der Waals surface area contributed by atoms with Crippen molar-refractivity contribution in [3.05, 3.63) is 232 Å². The Kier molecular flexibility index (Phi) is 11.0. The van der Waals surface area contributed by atoms with Crippen LogP contribution in [0.3, 0.4) is 0 Å². The minimum absolute atomic E-state index is 0.00618. The van der Waals surface area contributed by atoms with Crippen molar-refractivity contribution in [2.24, 2.45) is 0 Å². The first-order valence-corrected chi connectivity index (χ1v) is 18.3. The van der Waals surface area contributed by atoms with E-state index < -0.39 is 10.6 Å². The Labute approximate surface area is 325 Å². The summed E-state index contributed by atoms with van der Waals surface area (Å²) in [5.74, 6) is 0.352. The normalized spacial score (nSPS) is 13.6. The minimum Gasteiger partial charge on any atom is -0.509 e. The van der Waals surface area contributed by atoms with Gasteiger partial charge in [0.05, 0.1) is 0 Å². The SMILES string of the molecule is BC(C(/C=C\C(=C)O)=C/C)(c1ccc(O)cc1)c1ccc(C(c2ccc(C(C)=O)cc2)c2ccc(C(B)(c3ccc(O)cc3)c3ccc(O)cc3)cc2)cc1. The summed E-state index contributed by atoms with van der Waals surface area (Å²) in [5, 5.41) is 39.0. The Morgan fingerprint density at radius 1 is 0.564 bits per heavy atom. The number of aliphatic hydroxyl groups excluding tert-OH is 1. The Balaban J connectivity index is 1.47. The van der Waals surface area contributed by atoms with Gasteiger partial charge in [0, 0.05) is 22.1 Å². The van der Waals surface area contributed by atoms with Gasteiger partial charge in [-0.1, -0.05) is 128 Å². The topological polar surface area (TPSA) is 98.0 Å². The van der Waals surface area contributed by atoms with Gasteiger partial charge in [-0.15, -0.1) is 0 Å². The van der Waals surface area contributed by atoms with Crippen LogP contribution in [0, 0.1) is 0 Å².